The number of hydrogen-bond acceptors (Lipinski definition) is 3. The molecule has 4 rings (SSSR count). The lowest BCUT2D eigenvalue weighted by atomic mass is 9.88. The van der Waals surface area contributed by atoms with Crippen molar-refractivity contribution in [1.29, 1.82) is 0 Å². The maximum atomic E-state index is 12.4. The van der Waals surface area contributed by atoms with Gasteiger partial charge in [-0.2, -0.15) is 0 Å². The average molecular weight is 400 g/mol. The predicted octanol–water partition coefficient (Wildman–Crippen LogP) is 4.32. The van der Waals surface area contributed by atoms with Gasteiger partial charge in [-0.3, -0.25) is 9.36 Å². The first kappa shape index (κ1) is 19.7. The van der Waals surface area contributed by atoms with Crippen LogP contribution in [0.5, 0.6) is 0 Å². The summed E-state index contributed by atoms with van der Waals surface area (Å²) in [6.07, 6.45) is 1.03. The highest BCUT2D eigenvalue weighted by Gasteiger charge is 2.15. The van der Waals surface area contributed by atoms with Crippen molar-refractivity contribution in [2.75, 3.05) is 6.54 Å². The van der Waals surface area contributed by atoms with E-state index >= 15 is 0 Å². The Morgan fingerprint density at radius 3 is 2.13 bits per heavy atom. The fourth-order valence-electron chi connectivity index (χ4n) is 3.78. The van der Waals surface area contributed by atoms with Crippen LogP contribution in [-0.2, 0) is 11.3 Å². The van der Waals surface area contributed by atoms with Crippen molar-refractivity contribution in [3.63, 3.8) is 0 Å². The minimum Gasteiger partial charge on any atom is -0.408 e. The molecule has 1 aromatic heterocycles. The number of amides is 1. The van der Waals surface area contributed by atoms with Gasteiger partial charge in [-0.15, -0.1) is 0 Å². The standard InChI is InChI=1S/C25H24N2O3/c28-24(16-18-27-22-13-7-8-14-23(22)30-25(27)29)26-17-15-21(19-9-3-1-4-10-19)20-11-5-2-6-12-20/h1-14,21H,15-18H2,(H,26,28). The molecule has 152 valence electrons. The molecular formula is C25H24N2O3. The second-order valence-electron chi connectivity index (χ2n) is 7.25. The first-order valence-corrected chi connectivity index (χ1v) is 10.2. The Balaban J connectivity index is 1.36. The van der Waals surface area contributed by atoms with Gasteiger partial charge in [-0.05, 0) is 29.7 Å². The van der Waals surface area contributed by atoms with Crippen LogP contribution in [-0.4, -0.2) is 17.0 Å². The summed E-state index contributed by atoms with van der Waals surface area (Å²) < 4.78 is 6.72. The maximum Gasteiger partial charge on any atom is 0.419 e. The Morgan fingerprint density at radius 1 is 0.867 bits per heavy atom. The van der Waals surface area contributed by atoms with E-state index in [1.54, 1.807) is 6.07 Å². The van der Waals surface area contributed by atoms with Crippen molar-refractivity contribution >= 4 is 17.0 Å². The second-order valence-corrected chi connectivity index (χ2v) is 7.25. The van der Waals surface area contributed by atoms with E-state index in [0.717, 1.165) is 6.42 Å². The van der Waals surface area contributed by atoms with Gasteiger partial charge >= 0.3 is 5.76 Å². The first-order valence-electron chi connectivity index (χ1n) is 10.2. The normalized spacial score (nSPS) is 11.1. The number of carbonyl (C=O) groups excluding carboxylic acids is 1. The molecule has 30 heavy (non-hydrogen) atoms. The van der Waals surface area contributed by atoms with E-state index in [1.807, 2.05) is 54.6 Å². The van der Waals surface area contributed by atoms with Gasteiger partial charge in [0.25, 0.3) is 0 Å². The van der Waals surface area contributed by atoms with Gasteiger partial charge in [-0.1, -0.05) is 72.8 Å². The molecule has 0 aliphatic rings. The molecule has 0 saturated heterocycles. The van der Waals surface area contributed by atoms with E-state index in [9.17, 15) is 9.59 Å². The van der Waals surface area contributed by atoms with Crippen LogP contribution in [0.3, 0.4) is 0 Å². The van der Waals surface area contributed by atoms with Gasteiger partial charge in [-0.25, -0.2) is 4.79 Å². The van der Waals surface area contributed by atoms with Crippen molar-refractivity contribution in [2.24, 2.45) is 0 Å². The minimum atomic E-state index is -0.433. The zero-order valence-corrected chi connectivity index (χ0v) is 16.7. The van der Waals surface area contributed by atoms with Crippen molar-refractivity contribution in [2.45, 2.75) is 25.3 Å². The van der Waals surface area contributed by atoms with Gasteiger partial charge in [0.05, 0.1) is 5.52 Å². The third-order valence-electron chi connectivity index (χ3n) is 5.30. The Labute approximate surface area is 175 Å². The number of nitrogens with one attached hydrogen (secondary N) is 1. The monoisotopic (exact) mass is 400 g/mol. The number of fused-ring (bicyclic) bond motifs is 1. The van der Waals surface area contributed by atoms with Crippen molar-refractivity contribution in [1.82, 2.24) is 9.88 Å². The summed E-state index contributed by atoms with van der Waals surface area (Å²) in [6, 6.07) is 27.9. The fourth-order valence-corrected chi connectivity index (χ4v) is 3.78. The Kier molecular flexibility index (Phi) is 6.09. The highest BCUT2D eigenvalue weighted by Crippen LogP contribution is 2.27. The number of aromatic nitrogens is 1. The molecule has 0 aliphatic heterocycles. The molecular weight excluding hydrogens is 376 g/mol. The number of carbonyl (C=O) groups is 1. The Morgan fingerprint density at radius 2 is 1.47 bits per heavy atom. The summed E-state index contributed by atoms with van der Waals surface area (Å²) in [7, 11) is 0. The molecule has 5 nitrogen and oxygen atoms in total. The van der Waals surface area contributed by atoms with Crippen LogP contribution in [0, 0.1) is 0 Å². The van der Waals surface area contributed by atoms with E-state index in [2.05, 4.69) is 29.6 Å². The molecule has 0 radical (unpaired) electrons. The summed E-state index contributed by atoms with van der Waals surface area (Å²) in [5.41, 5.74) is 3.71. The first-order chi connectivity index (χ1) is 14.7. The quantitative estimate of drug-likeness (QED) is 0.479. The summed E-state index contributed by atoms with van der Waals surface area (Å²) in [6.45, 7) is 0.858. The smallest absolute Gasteiger partial charge is 0.408 e. The van der Waals surface area contributed by atoms with Gasteiger partial charge in [0, 0.05) is 25.4 Å². The number of oxazole rings is 1. The number of aryl methyl sites for hydroxylation is 1. The molecule has 1 amide bonds. The maximum absolute atomic E-state index is 12.4. The average Bonchev–Trinajstić information content (AvgIpc) is 3.11. The molecule has 0 aliphatic carbocycles. The van der Waals surface area contributed by atoms with Crippen LogP contribution in [0.4, 0.5) is 0 Å². The van der Waals surface area contributed by atoms with E-state index in [4.69, 9.17) is 4.42 Å². The summed E-state index contributed by atoms with van der Waals surface area (Å²) >= 11 is 0. The van der Waals surface area contributed by atoms with Gasteiger partial charge in [0.1, 0.15) is 0 Å². The zero-order valence-electron chi connectivity index (χ0n) is 16.7. The van der Waals surface area contributed by atoms with Crippen LogP contribution in [0.25, 0.3) is 11.1 Å². The summed E-state index contributed by atoms with van der Waals surface area (Å²) in [4.78, 5) is 24.4. The topological polar surface area (TPSA) is 64.2 Å². The van der Waals surface area contributed by atoms with E-state index < -0.39 is 5.76 Å². The van der Waals surface area contributed by atoms with Crippen LogP contribution in [0.1, 0.15) is 29.9 Å². The van der Waals surface area contributed by atoms with Crippen LogP contribution in [0.15, 0.2) is 94.1 Å². The number of rotatable bonds is 8. The summed E-state index contributed by atoms with van der Waals surface area (Å²) in [5.74, 6) is -0.294. The highest BCUT2D eigenvalue weighted by atomic mass is 16.4. The second kappa shape index (κ2) is 9.27. The van der Waals surface area contributed by atoms with Crippen molar-refractivity contribution in [3.05, 3.63) is 107 Å². The SMILES string of the molecule is O=C(CCn1c(=O)oc2ccccc21)NCCC(c1ccccc1)c1ccccc1. The molecule has 0 saturated carbocycles. The molecule has 1 N–H and O–H groups in total. The number of benzene rings is 3. The van der Waals surface area contributed by atoms with E-state index in [0.29, 0.717) is 24.2 Å². The Hall–Kier alpha value is -3.60. The molecule has 0 spiro atoms. The fraction of sp³-hybridized carbons (Fsp3) is 0.200. The largest absolute Gasteiger partial charge is 0.419 e. The number of hydrogen-bond donors (Lipinski definition) is 1. The van der Waals surface area contributed by atoms with Crippen molar-refractivity contribution < 1.29 is 9.21 Å². The molecule has 1 heterocycles. The minimum absolute atomic E-state index is 0.0768. The van der Waals surface area contributed by atoms with Crippen LogP contribution in [0.2, 0.25) is 0 Å². The number of para-hydroxylation sites is 2. The molecule has 0 bridgehead atoms. The van der Waals surface area contributed by atoms with Crippen LogP contribution < -0.4 is 11.1 Å². The van der Waals surface area contributed by atoms with E-state index in [1.165, 1.54) is 15.7 Å². The summed E-state index contributed by atoms with van der Waals surface area (Å²) in [5, 5.41) is 3.00. The molecule has 5 heteroatoms. The predicted molar refractivity (Wildman–Crippen MR) is 117 cm³/mol. The third kappa shape index (κ3) is 4.51. The molecule has 0 unspecified atom stereocenters. The third-order valence-corrected chi connectivity index (χ3v) is 5.30. The van der Waals surface area contributed by atoms with Gasteiger partial charge < -0.3 is 9.73 Å². The highest BCUT2D eigenvalue weighted by molar-refractivity contribution is 5.76. The molecule has 3 aromatic carbocycles. The van der Waals surface area contributed by atoms with Gasteiger partial charge in [0.2, 0.25) is 5.91 Å². The van der Waals surface area contributed by atoms with Gasteiger partial charge in [0.15, 0.2) is 5.58 Å². The Bertz CT molecular complexity index is 1120. The molecule has 4 aromatic rings. The number of nitrogens with zero attached hydrogens (tertiary/aromatic N) is 1. The lowest BCUT2D eigenvalue weighted by Crippen LogP contribution is -2.28. The molecule has 0 atom stereocenters. The van der Waals surface area contributed by atoms with Crippen molar-refractivity contribution in [3.8, 4) is 0 Å². The van der Waals surface area contributed by atoms with Crippen LogP contribution >= 0.6 is 0 Å². The zero-order chi connectivity index (χ0) is 20.8. The lowest BCUT2D eigenvalue weighted by molar-refractivity contribution is -0.121. The molecule has 0 fully saturated rings. The van der Waals surface area contributed by atoms with E-state index in [-0.39, 0.29) is 18.2 Å². The lowest BCUT2D eigenvalue weighted by Gasteiger charge is -2.18.